The average Bonchev–Trinajstić information content (AvgIpc) is 2.87. The van der Waals surface area contributed by atoms with E-state index in [9.17, 15) is 16.8 Å². The molecule has 1 aliphatic heterocycles. The van der Waals surface area contributed by atoms with Crippen molar-refractivity contribution in [2.24, 2.45) is 5.73 Å². The Kier molecular flexibility index (Phi) is 4.19. The van der Waals surface area contributed by atoms with Crippen molar-refractivity contribution in [3.63, 3.8) is 0 Å². The first kappa shape index (κ1) is 15.4. The minimum Gasteiger partial charge on any atom is -0.329 e. The Morgan fingerprint density at radius 1 is 1.15 bits per heavy atom. The second-order valence-electron chi connectivity index (χ2n) is 4.89. The standard InChI is InChI=1S/C12H18N2O4S2/c1-19(15,16)11-4-6-12(7-5-11)20(17,18)14-8-2-3-10(14)9-13/h4-7,10H,2-3,8-9,13H2,1H3. The van der Waals surface area contributed by atoms with Crippen LogP contribution in [0.5, 0.6) is 0 Å². The second-order valence-corrected chi connectivity index (χ2v) is 8.80. The zero-order valence-corrected chi connectivity index (χ0v) is 12.8. The van der Waals surface area contributed by atoms with Gasteiger partial charge in [0.05, 0.1) is 9.79 Å². The highest BCUT2D eigenvalue weighted by Crippen LogP contribution is 2.26. The first-order valence-electron chi connectivity index (χ1n) is 6.29. The molecule has 0 bridgehead atoms. The summed E-state index contributed by atoms with van der Waals surface area (Å²) < 4.78 is 49.1. The van der Waals surface area contributed by atoms with Gasteiger partial charge < -0.3 is 5.73 Å². The van der Waals surface area contributed by atoms with E-state index in [-0.39, 0.29) is 15.8 Å². The van der Waals surface area contributed by atoms with Crippen LogP contribution in [0.4, 0.5) is 0 Å². The Morgan fingerprint density at radius 3 is 2.20 bits per heavy atom. The van der Waals surface area contributed by atoms with Gasteiger partial charge in [0.15, 0.2) is 9.84 Å². The topological polar surface area (TPSA) is 97.5 Å². The molecule has 0 radical (unpaired) electrons. The second kappa shape index (κ2) is 5.44. The number of rotatable bonds is 4. The Bertz CT molecular complexity index is 681. The van der Waals surface area contributed by atoms with Crippen molar-refractivity contribution in [3.05, 3.63) is 24.3 Å². The predicted octanol–water partition coefficient (Wildman–Crippen LogP) is 0.202. The van der Waals surface area contributed by atoms with Crippen molar-refractivity contribution in [1.29, 1.82) is 0 Å². The molecule has 2 rings (SSSR count). The highest BCUT2D eigenvalue weighted by molar-refractivity contribution is 7.90. The molecule has 1 unspecified atom stereocenters. The number of sulfonamides is 1. The van der Waals surface area contributed by atoms with E-state index >= 15 is 0 Å². The van der Waals surface area contributed by atoms with E-state index in [1.807, 2.05) is 0 Å². The van der Waals surface area contributed by atoms with Crippen molar-refractivity contribution in [2.75, 3.05) is 19.3 Å². The molecular weight excluding hydrogens is 300 g/mol. The summed E-state index contributed by atoms with van der Waals surface area (Å²) in [7, 11) is -6.93. The maximum Gasteiger partial charge on any atom is 0.243 e. The third-order valence-corrected chi connectivity index (χ3v) is 6.55. The van der Waals surface area contributed by atoms with E-state index in [2.05, 4.69) is 0 Å². The molecule has 0 spiro atoms. The minimum absolute atomic E-state index is 0.102. The smallest absolute Gasteiger partial charge is 0.243 e. The van der Waals surface area contributed by atoms with Crippen LogP contribution < -0.4 is 5.73 Å². The van der Waals surface area contributed by atoms with Gasteiger partial charge >= 0.3 is 0 Å². The molecule has 1 atom stereocenters. The average molecular weight is 318 g/mol. The fraction of sp³-hybridized carbons (Fsp3) is 0.500. The van der Waals surface area contributed by atoms with Crippen LogP contribution in [-0.2, 0) is 19.9 Å². The van der Waals surface area contributed by atoms with Crippen molar-refractivity contribution in [3.8, 4) is 0 Å². The molecule has 0 saturated carbocycles. The summed E-state index contributed by atoms with van der Waals surface area (Å²) in [6, 6.07) is 5.12. The van der Waals surface area contributed by atoms with Gasteiger partial charge in [0, 0.05) is 25.4 Å². The van der Waals surface area contributed by atoms with E-state index in [0.29, 0.717) is 13.1 Å². The molecule has 20 heavy (non-hydrogen) atoms. The van der Waals surface area contributed by atoms with Gasteiger partial charge in [-0.3, -0.25) is 0 Å². The lowest BCUT2D eigenvalue weighted by Crippen LogP contribution is -2.39. The van der Waals surface area contributed by atoms with Crippen LogP contribution in [0.1, 0.15) is 12.8 Å². The number of sulfone groups is 1. The molecule has 0 aromatic heterocycles. The number of hydrogen-bond donors (Lipinski definition) is 1. The van der Waals surface area contributed by atoms with Crippen LogP contribution in [0.2, 0.25) is 0 Å². The van der Waals surface area contributed by atoms with Gasteiger partial charge in [0.2, 0.25) is 10.0 Å². The van der Waals surface area contributed by atoms with Gasteiger partial charge in [-0.05, 0) is 37.1 Å². The summed E-state index contributed by atoms with van der Waals surface area (Å²) in [5.74, 6) is 0. The zero-order valence-electron chi connectivity index (χ0n) is 11.2. The number of benzene rings is 1. The predicted molar refractivity (Wildman–Crippen MR) is 75.5 cm³/mol. The fourth-order valence-corrected chi connectivity index (χ4v) is 4.69. The first-order chi connectivity index (χ1) is 9.26. The molecule has 1 heterocycles. The first-order valence-corrected chi connectivity index (χ1v) is 9.62. The highest BCUT2D eigenvalue weighted by atomic mass is 32.2. The summed E-state index contributed by atoms with van der Waals surface area (Å²) >= 11 is 0. The van der Waals surface area contributed by atoms with Crippen molar-refractivity contribution >= 4 is 19.9 Å². The van der Waals surface area contributed by atoms with Crippen LogP contribution in [-0.4, -0.2) is 46.5 Å². The van der Waals surface area contributed by atoms with Gasteiger partial charge in [-0.25, -0.2) is 16.8 Å². The monoisotopic (exact) mass is 318 g/mol. The van der Waals surface area contributed by atoms with Crippen molar-refractivity contribution in [2.45, 2.75) is 28.7 Å². The SMILES string of the molecule is CS(=O)(=O)c1ccc(S(=O)(=O)N2CCCC2CN)cc1. The van der Waals surface area contributed by atoms with E-state index in [1.165, 1.54) is 28.6 Å². The van der Waals surface area contributed by atoms with Gasteiger partial charge in [-0.15, -0.1) is 0 Å². The Balaban J connectivity index is 2.35. The third kappa shape index (κ3) is 2.88. The van der Waals surface area contributed by atoms with Crippen LogP contribution >= 0.6 is 0 Å². The molecule has 112 valence electrons. The molecule has 1 aliphatic rings. The third-order valence-electron chi connectivity index (χ3n) is 3.45. The van der Waals surface area contributed by atoms with Crippen LogP contribution in [0.15, 0.2) is 34.1 Å². The van der Waals surface area contributed by atoms with E-state index < -0.39 is 19.9 Å². The number of nitrogens with two attached hydrogens (primary N) is 1. The maximum absolute atomic E-state index is 12.5. The van der Waals surface area contributed by atoms with E-state index in [4.69, 9.17) is 5.73 Å². The molecule has 0 aliphatic carbocycles. The normalized spacial score (nSPS) is 21.2. The van der Waals surface area contributed by atoms with Gasteiger partial charge in [0.25, 0.3) is 0 Å². The zero-order chi connectivity index (χ0) is 15.0. The van der Waals surface area contributed by atoms with E-state index in [1.54, 1.807) is 0 Å². The lowest BCUT2D eigenvalue weighted by molar-refractivity contribution is 0.393. The van der Waals surface area contributed by atoms with Crippen LogP contribution in [0.3, 0.4) is 0 Å². The molecule has 2 N–H and O–H groups in total. The summed E-state index contributed by atoms with van der Waals surface area (Å²) in [6.45, 7) is 0.749. The van der Waals surface area contributed by atoms with Crippen LogP contribution in [0, 0.1) is 0 Å². The van der Waals surface area contributed by atoms with Gasteiger partial charge in [0.1, 0.15) is 0 Å². The molecule has 0 amide bonds. The lowest BCUT2D eigenvalue weighted by Gasteiger charge is -2.22. The summed E-state index contributed by atoms with van der Waals surface area (Å²) in [5, 5.41) is 0. The molecule has 1 saturated heterocycles. The van der Waals surface area contributed by atoms with Crippen LogP contribution in [0.25, 0.3) is 0 Å². The lowest BCUT2D eigenvalue weighted by atomic mass is 10.2. The molecule has 1 aromatic carbocycles. The summed E-state index contributed by atoms with van der Waals surface area (Å²) in [5.41, 5.74) is 5.59. The number of hydrogen-bond acceptors (Lipinski definition) is 5. The molecule has 6 nitrogen and oxygen atoms in total. The van der Waals surface area contributed by atoms with E-state index in [0.717, 1.165) is 19.1 Å². The van der Waals surface area contributed by atoms with Gasteiger partial charge in [-0.2, -0.15) is 4.31 Å². The largest absolute Gasteiger partial charge is 0.329 e. The fourth-order valence-electron chi connectivity index (χ4n) is 2.36. The highest BCUT2D eigenvalue weighted by Gasteiger charge is 2.34. The van der Waals surface area contributed by atoms with Crippen molar-refractivity contribution < 1.29 is 16.8 Å². The number of nitrogens with zero attached hydrogens (tertiary/aromatic N) is 1. The Labute approximate surface area is 119 Å². The Hall–Kier alpha value is -0.960. The molecule has 1 aromatic rings. The molecular formula is C12H18N2O4S2. The van der Waals surface area contributed by atoms with Gasteiger partial charge in [-0.1, -0.05) is 0 Å². The summed E-state index contributed by atoms with van der Waals surface area (Å²) in [4.78, 5) is 0.207. The molecule has 8 heteroatoms. The molecule has 1 fully saturated rings. The maximum atomic E-state index is 12.5. The minimum atomic E-state index is -3.60. The van der Waals surface area contributed by atoms with Crippen molar-refractivity contribution in [1.82, 2.24) is 4.31 Å². The summed E-state index contributed by atoms with van der Waals surface area (Å²) in [6.07, 6.45) is 2.64. The Morgan fingerprint density at radius 2 is 1.70 bits per heavy atom. The quantitative estimate of drug-likeness (QED) is 0.855.